The predicted molar refractivity (Wildman–Crippen MR) is 67.2 cm³/mol. The normalized spacial score (nSPS) is 13.6. The molecule has 1 aromatic carbocycles. The third-order valence-corrected chi connectivity index (χ3v) is 4.19. The Morgan fingerprint density at radius 2 is 1.88 bits per heavy atom. The van der Waals surface area contributed by atoms with Crippen molar-refractivity contribution in [2.24, 2.45) is 0 Å². The molecule has 0 saturated heterocycles. The molecule has 0 fully saturated rings. The van der Waals surface area contributed by atoms with Gasteiger partial charge in [0.25, 0.3) is 0 Å². The number of nitrogens with two attached hydrogens (primary N) is 1. The molecule has 5 nitrogen and oxygen atoms in total. The summed E-state index contributed by atoms with van der Waals surface area (Å²) in [5.74, 6) is 0. The van der Waals surface area contributed by atoms with Crippen molar-refractivity contribution < 1.29 is 13.5 Å². The first-order valence-electron chi connectivity index (χ1n) is 5.28. The summed E-state index contributed by atoms with van der Waals surface area (Å²) < 4.78 is 26.3. The van der Waals surface area contributed by atoms with E-state index in [0.29, 0.717) is 0 Å². The standard InChI is InChI=1S/C11H18N2O3S/c1-7-4-10(12)11(5-8(7)2)17(15,16)13-9(3)6-14/h4-5,9,13-14H,6,12H2,1-3H3/t9-/m0/s1. The number of anilines is 1. The topological polar surface area (TPSA) is 92.4 Å². The molecule has 17 heavy (non-hydrogen) atoms. The van der Waals surface area contributed by atoms with Crippen LogP contribution < -0.4 is 10.5 Å². The molecule has 1 atom stereocenters. The largest absolute Gasteiger partial charge is 0.398 e. The van der Waals surface area contributed by atoms with Gasteiger partial charge in [-0.1, -0.05) is 0 Å². The maximum atomic E-state index is 12.0. The Morgan fingerprint density at radius 3 is 2.41 bits per heavy atom. The van der Waals surface area contributed by atoms with Gasteiger partial charge in [-0.15, -0.1) is 0 Å². The number of hydrogen-bond donors (Lipinski definition) is 3. The van der Waals surface area contributed by atoms with Crippen LogP contribution in [0, 0.1) is 13.8 Å². The van der Waals surface area contributed by atoms with Crippen LogP contribution in [0.5, 0.6) is 0 Å². The van der Waals surface area contributed by atoms with Gasteiger partial charge in [-0.25, -0.2) is 13.1 Å². The molecule has 0 aliphatic heterocycles. The second-order valence-corrected chi connectivity index (χ2v) is 5.86. The Balaban J connectivity index is 3.20. The van der Waals surface area contributed by atoms with E-state index in [1.165, 1.54) is 6.07 Å². The smallest absolute Gasteiger partial charge is 0.242 e. The van der Waals surface area contributed by atoms with Crippen LogP contribution in [-0.4, -0.2) is 26.2 Å². The summed E-state index contributed by atoms with van der Waals surface area (Å²) in [5.41, 5.74) is 7.72. The lowest BCUT2D eigenvalue weighted by atomic mass is 10.1. The average Bonchev–Trinajstić information content (AvgIpc) is 2.22. The second kappa shape index (κ2) is 5.03. The minimum Gasteiger partial charge on any atom is -0.398 e. The molecule has 0 aliphatic rings. The van der Waals surface area contributed by atoms with Gasteiger partial charge in [0.15, 0.2) is 0 Å². The molecule has 6 heteroatoms. The van der Waals surface area contributed by atoms with Crippen LogP contribution in [0.2, 0.25) is 0 Å². The van der Waals surface area contributed by atoms with Crippen molar-refractivity contribution in [3.63, 3.8) is 0 Å². The highest BCUT2D eigenvalue weighted by Crippen LogP contribution is 2.22. The van der Waals surface area contributed by atoms with E-state index < -0.39 is 16.1 Å². The second-order valence-electron chi connectivity index (χ2n) is 4.18. The first-order valence-corrected chi connectivity index (χ1v) is 6.76. The van der Waals surface area contributed by atoms with Crippen molar-refractivity contribution in [3.8, 4) is 0 Å². The number of aliphatic hydroxyl groups excluding tert-OH is 1. The zero-order valence-corrected chi connectivity index (χ0v) is 11.0. The lowest BCUT2D eigenvalue weighted by molar-refractivity contribution is 0.265. The summed E-state index contributed by atoms with van der Waals surface area (Å²) in [5, 5.41) is 8.85. The minimum atomic E-state index is -3.68. The van der Waals surface area contributed by atoms with E-state index in [4.69, 9.17) is 10.8 Å². The van der Waals surface area contributed by atoms with E-state index in [9.17, 15) is 8.42 Å². The highest BCUT2D eigenvalue weighted by atomic mass is 32.2. The quantitative estimate of drug-likeness (QED) is 0.687. The van der Waals surface area contributed by atoms with Crippen molar-refractivity contribution in [2.45, 2.75) is 31.7 Å². The van der Waals surface area contributed by atoms with Crippen LogP contribution in [0.1, 0.15) is 18.1 Å². The monoisotopic (exact) mass is 258 g/mol. The molecule has 0 amide bonds. The van der Waals surface area contributed by atoms with Crippen LogP contribution in [0.4, 0.5) is 5.69 Å². The molecule has 0 aliphatic carbocycles. The molecule has 0 heterocycles. The Hall–Kier alpha value is -1.11. The van der Waals surface area contributed by atoms with E-state index in [2.05, 4.69) is 4.72 Å². The zero-order chi connectivity index (χ0) is 13.2. The van der Waals surface area contributed by atoms with Crippen LogP contribution in [0.25, 0.3) is 0 Å². The lowest BCUT2D eigenvalue weighted by Crippen LogP contribution is -2.35. The number of sulfonamides is 1. The van der Waals surface area contributed by atoms with Crippen molar-refractivity contribution >= 4 is 15.7 Å². The molecule has 0 bridgehead atoms. The fourth-order valence-electron chi connectivity index (χ4n) is 1.41. The number of rotatable bonds is 4. The Kier molecular flexibility index (Phi) is 4.13. The van der Waals surface area contributed by atoms with Crippen molar-refractivity contribution in [1.82, 2.24) is 4.72 Å². The number of aryl methyl sites for hydroxylation is 2. The summed E-state index contributed by atoms with van der Waals surface area (Å²) in [6, 6.07) is 2.63. The van der Waals surface area contributed by atoms with Gasteiger partial charge in [0.2, 0.25) is 10.0 Å². The van der Waals surface area contributed by atoms with E-state index in [-0.39, 0.29) is 17.2 Å². The van der Waals surface area contributed by atoms with E-state index in [0.717, 1.165) is 11.1 Å². The van der Waals surface area contributed by atoms with Gasteiger partial charge >= 0.3 is 0 Å². The third kappa shape index (κ3) is 3.18. The van der Waals surface area contributed by atoms with Gasteiger partial charge in [0, 0.05) is 6.04 Å². The van der Waals surface area contributed by atoms with Crippen molar-refractivity contribution in [3.05, 3.63) is 23.3 Å². The molecule has 1 rings (SSSR count). The molecule has 0 aromatic heterocycles. The highest BCUT2D eigenvalue weighted by Gasteiger charge is 2.20. The molecule has 4 N–H and O–H groups in total. The van der Waals surface area contributed by atoms with E-state index in [1.807, 2.05) is 13.8 Å². The van der Waals surface area contributed by atoms with Crippen LogP contribution in [-0.2, 0) is 10.0 Å². The summed E-state index contributed by atoms with van der Waals surface area (Å²) in [7, 11) is -3.68. The van der Waals surface area contributed by atoms with Crippen LogP contribution >= 0.6 is 0 Å². The maximum Gasteiger partial charge on any atom is 0.242 e. The molecule has 0 saturated carbocycles. The molecule has 0 unspecified atom stereocenters. The Morgan fingerprint density at radius 1 is 1.35 bits per heavy atom. The summed E-state index contributed by atoms with van der Waals surface area (Å²) in [6.45, 7) is 5.01. The van der Waals surface area contributed by atoms with Gasteiger partial charge < -0.3 is 10.8 Å². The fourth-order valence-corrected chi connectivity index (χ4v) is 2.84. The first-order chi connectivity index (χ1) is 7.77. The highest BCUT2D eigenvalue weighted by molar-refractivity contribution is 7.89. The van der Waals surface area contributed by atoms with Gasteiger partial charge in [0.1, 0.15) is 4.90 Å². The molecular weight excluding hydrogens is 240 g/mol. The van der Waals surface area contributed by atoms with E-state index in [1.54, 1.807) is 13.0 Å². The SMILES string of the molecule is Cc1cc(N)c(S(=O)(=O)N[C@@H](C)CO)cc1C. The Labute approximate surface area is 102 Å². The van der Waals surface area contributed by atoms with Crippen molar-refractivity contribution in [1.29, 1.82) is 0 Å². The summed E-state index contributed by atoms with van der Waals surface area (Å²) in [6.07, 6.45) is 0. The molecule has 0 spiro atoms. The number of nitrogens with one attached hydrogen (secondary N) is 1. The van der Waals surface area contributed by atoms with Crippen molar-refractivity contribution in [2.75, 3.05) is 12.3 Å². The minimum absolute atomic E-state index is 0.0564. The first kappa shape index (κ1) is 14.0. The maximum absolute atomic E-state index is 12.0. The number of nitrogen functional groups attached to an aromatic ring is 1. The molecule has 96 valence electrons. The number of hydrogen-bond acceptors (Lipinski definition) is 4. The Bertz CT molecular complexity index is 512. The zero-order valence-electron chi connectivity index (χ0n) is 10.2. The van der Waals surface area contributed by atoms with Gasteiger partial charge in [-0.05, 0) is 44.0 Å². The fraction of sp³-hybridized carbons (Fsp3) is 0.455. The summed E-state index contributed by atoms with van der Waals surface area (Å²) in [4.78, 5) is 0.0564. The molecule has 0 radical (unpaired) electrons. The van der Waals surface area contributed by atoms with Gasteiger partial charge in [-0.2, -0.15) is 0 Å². The van der Waals surface area contributed by atoms with Gasteiger partial charge in [0.05, 0.1) is 12.3 Å². The third-order valence-electron chi connectivity index (χ3n) is 2.55. The average molecular weight is 258 g/mol. The lowest BCUT2D eigenvalue weighted by Gasteiger charge is -2.14. The van der Waals surface area contributed by atoms with E-state index >= 15 is 0 Å². The van der Waals surface area contributed by atoms with Gasteiger partial charge in [-0.3, -0.25) is 0 Å². The number of aliphatic hydroxyl groups is 1. The predicted octanol–water partition coefficient (Wildman–Crippen LogP) is 0.545. The molecular formula is C11H18N2O3S. The summed E-state index contributed by atoms with van der Waals surface area (Å²) >= 11 is 0. The van der Waals surface area contributed by atoms with Crippen LogP contribution in [0.3, 0.4) is 0 Å². The van der Waals surface area contributed by atoms with Crippen LogP contribution in [0.15, 0.2) is 17.0 Å². The number of benzene rings is 1. The molecule has 1 aromatic rings.